The van der Waals surface area contributed by atoms with Gasteiger partial charge in [0.05, 0.1) is 5.39 Å². The molecule has 1 fully saturated rings. The molecule has 0 amide bonds. The molecule has 3 heterocycles. The number of aryl methyl sites for hydroxylation is 2. The van der Waals surface area contributed by atoms with Gasteiger partial charge in [-0.2, -0.15) is 0 Å². The van der Waals surface area contributed by atoms with Crippen molar-refractivity contribution in [1.29, 1.82) is 0 Å². The molecule has 2 aromatic rings. The number of nitrogens with one attached hydrogen (secondary N) is 2. The number of H-pyrrole nitrogens is 1. The maximum atomic E-state index is 12.6. The van der Waals surface area contributed by atoms with Crippen LogP contribution in [0.5, 0.6) is 0 Å². The smallest absolute Gasteiger partial charge is 0.314 e. The Morgan fingerprint density at radius 1 is 1.29 bits per heavy atom. The second kappa shape index (κ2) is 5.77. The molecule has 6 heteroatoms. The van der Waals surface area contributed by atoms with Crippen LogP contribution in [0, 0.1) is 13.8 Å². The first-order valence-electron chi connectivity index (χ1n) is 7.54. The fourth-order valence-corrected chi connectivity index (χ4v) is 4.06. The number of hydrogen-bond donors (Lipinski definition) is 2. The maximum Gasteiger partial charge on any atom is 0.329 e. The number of aromatic nitrogens is 2. The van der Waals surface area contributed by atoms with Gasteiger partial charge in [-0.05, 0) is 45.2 Å². The van der Waals surface area contributed by atoms with Crippen LogP contribution in [0.4, 0.5) is 0 Å². The van der Waals surface area contributed by atoms with Gasteiger partial charge in [0, 0.05) is 17.5 Å². The van der Waals surface area contributed by atoms with Crippen LogP contribution in [0.3, 0.4) is 0 Å². The van der Waals surface area contributed by atoms with Crippen molar-refractivity contribution in [3.8, 4) is 0 Å². The lowest BCUT2D eigenvalue weighted by Gasteiger charge is -2.23. The summed E-state index contributed by atoms with van der Waals surface area (Å²) >= 11 is 1.48. The molecule has 0 aliphatic carbocycles. The molecule has 1 aliphatic heterocycles. The molecule has 1 aliphatic rings. The molecular formula is C15H21N3O2S. The number of thiophene rings is 1. The molecule has 0 saturated carbocycles. The molecule has 1 atom stereocenters. The van der Waals surface area contributed by atoms with Crippen molar-refractivity contribution in [3.63, 3.8) is 0 Å². The molecular weight excluding hydrogens is 286 g/mol. The Morgan fingerprint density at radius 3 is 2.81 bits per heavy atom. The van der Waals surface area contributed by atoms with Gasteiger partial charge in [-0.15, -0.1) is 11.3 Å². The van der Waals surface area contributed by atoms with Gasteiger partial charge in [0.1, 0.15) is 4.83 Å². The van der Waals surface area contributed by atoms with Gasteiger partial charge in [-0.1, -0.05) is 6.42 Å². The van der Waals surface area contributed by atoms with E-state index in [9.17, 15) is 9.59 Å². The largest absolute Gasteiger partial charge is 0.329 e. The highest BCUT2D eigenvalue weighted by molar-refractivity contribution is 7.18. The number of aromatic amines is 1. The van der Waals surface area contributed by atoms with Gasteiger partial charge in [0.25, 0.3) is 5.56 Å². The average Bonchev–Trinajstić information content (AvgIpc) is 2.74. The van der Waals surface area contributed by atoms with Crippen LogP contribution in [0.25, 0.3) is 10.2 Å². The Hall–Kier alpha value is -1.40. The Morgan fingerprint density at radius 2 is 2.10 bits per heavy atom. The number of rotatable bonds is 3. The van der Waals surface area contributed by atoms with Crippen molar-refractivity contribution < 1.29 is 0 Å². The van der Waals surface area contributed by atoms with Gasteiger partial charge >= 0.3 is 5.69 Å². The minimum absolute atomic E-state index is 0.147. The Bertz CT molecular complexity index is 766. The molecule has 0 bridgehead atoms. The van der Waals surface area contributed by atoms with Crippen LogP contribution in [-0.2, 0) is 6.54 Å². The first-order valence-corrected chi connectivity index (χ1v) is 8.36. The van der Waals surface area contributed by atoms with Crippen LogP contribution in [0.1, 0.15) is 36.1 Å². The molecule has 1 unspecified atom stereocenters. The predicted molar refractivity (Wildman–Crippen MR) is 86.4 cm³/mol. The molecule has 0 radical (unpaired) electrons. The lowest BCUT2D eigenvalue weighted by atomic mass is 10.0. The predicted octanol–water partition coefficient (Wildman–Crippen LogP) is 1.90. The van der Waals surface area contributed by atoms with Gasteiger partial charge in [-0.25, -0.2) is 4.79 Å². The monoisotopic (exact) mass is 307 g/mol. The fraction of sp³-hybridized carbons (Fsp3) is 0.600. The number of hydrogen-bond acceptors (Lipinski definition) is 4. The summed E-state index contributed by atoms with van der Waals surface area (Å²) in [7, 11) is 0. The van der Waals surface area contributed by atoms with E-state index in [0.29, 0.717) is 22.8 Å². The van der Waals surface area contributed by atoms with Crippen molar-refractivity contribution in [2.45, 2.75) is 52.1 Å². The molecule has 0 aromatic carbocycles. The normalized spacial score (nSPS) is 19.2. The zero-order valence-corrected chi connectivity index (χ0v) is 13.3. The van der Waals surface area contributed by atoms with E-state index >= 15 is 0 Å². The minimum Gasteiger partial charge on any atom is -0.314 e. The van der Waals surface area contributed by atoms with E-state index in [1.165, 1.54) is 28.7 Å². The molecule has 5 nitrogen and oxygen atoms in total. The van der Waals surface area contributed by atoms with Gasteiger partial charge < -0.3 is 5.32 Å². The van der Waals surface area contributed by atoms with Gasteiger partial charge in [-0.3, -0.25) is 14.3 Å². The summed E-state index contributed by atoms with van der Waals surface area (Å²) in [5.74, 6) is 0. The van der Waals surface area contributed by atoms with Crippen LogP contribution >= 0.6 is 11.3 Å². The van der Waals surface area contributed by atoms with Crippen molar-refractivity contribution in [1.82, 2.24) is 14.9 Å². The zero-order chi connectivity index (χ0) is 15.0. The lowest BCUT2D eigenvalue weighted by Crippen LogP contribution is -2.39. The summed E-state index contributed by atoms with van der Waals surface area (Å²) in [6.45, 7) is 5.45. The van der Waals surface area contributed by atoms with Crippen molar-refractivity contribution >= 4 is 21.6 Å². The highest BCUT2D eigenvalue weighted by atomic mass is 32.1. The lowest BCUT2D eigenvalue weighted by molar-refractivity contribution is 0.363. The van der Waals surface area contributed by atoms with E-state index in [1.54, 1.807) is 0 Å². The van der Waals surface area contributed by atoms with E-state index < -0.39 is 0 Å². The second-order valence-electron chi connectivity index (χ2n) is 5.81. The quantitative estimate of drug-likeness (QED) is 0.910. The minimum atomic E-state index is -0.287. The highest BCUT2D eigenvalue weighted by Gasteiger charge is 2.16. The van der Waals surface area contributed by atoms with E-state index in [0.717, 1.165) is 29.8 Å². The molecule has 1 saturated heterocycles. The number of piperidine rings is 1. The maximum absolute atomic E-state index is 12.6. The summed E-state index contributed by atoms with van der Waals surface area (Å²) in [6.07, 6.45) is 4.41. The molecule has 2 aromatic heterocycles. The Labute approximate surface area is 127 Å². The van der Waals surface area contributed by atoms with E-state index in [4.69, 9.17) is 0 Å². The number of nitrogens with zero attached hydrogens (tertiary/aromatic N) is 1. The molecule has 3 rings (SSSR count). The molecule has 2 N–H and O–H groups in total. The first kappa shape index (κ1) is 14.5. The number of fused-ring (bicyclic) bond motifs is 1. The van der Waals surface area contributed by atoms with Crippen molar-refractivity contribution in [2.24, 2.45) is 0 Å². The Balaban J connectivity index is 1.92. The topological polar surface area (TPSA) is 66.9 Å². The van der Waals surface area contributed by atoms with E-state index in [1.807, 2.05) is 13.8 Å². The molecule has 114 valence electrons. The summed E-state index contributed by atoms with van der Waals surface area (Å²) in [4.78, 5) is 29.4. The third-order valence-electron chi connectivity index (χ3n) is 4.42. The van der Waals surface area contributed by atoms with Crippen LogP contribution in [0.15, 0.2) is 9.59 Å². The fourth-order valence-electron chi connectivity index (χ4n) is 3.02. The summed E-state index contributed by atoms with van der Waals surface area (Å²) in [6, 6.07) is 0.422. The standard InChI is InChI=1S/C15H21N3O2S/c1-9-10(2)21-13-12(9)14(19)18(15(20)17-13)8-6-11-5-3-4-7-16-11/h11,16H,3-8H2,1-2H3,(H,17,20). The molecule has 21 heavy (non-hydrogen) atoms. The van der Waals surface area contributed by atoms with Crippen LogP contribution in [-0.4, -0.2) is 22.1 Å². The third-order valence-corrected chi connectivity index (χ3v) is 5.55. The summed E-state index contributed by atoms with van der Waals surface area (Å²) in [5.41, 5.74) is 0.553. The van der Waals surface area contributed by atoms with E-state index in [-0.39, 0.29) is 11.2 Å². The highest BCUT2D eigenvalue weighted by Crippen LogP contribution is 2.24. The van der Waals surface area contributed by atoms with Gasteiger partial charge in [0.15, 0.2) is 0 Å². The van der Waals surface area contributed by atoms with Crippen molar-refractivity contribution in [3.05, 3.63) is 31.3 Å². The average molecular weight is 307 g/mol. The zero-order valence-electron chi connectivity index (χ0n) is 12.5. The summed E-state index contributed by atoms with van der Waals surface area (Å²) < 4.78 is 1.36. The van der Waals surface area contributed by atoms with Crippen LogP contribution < -0.4 is 16.6 Å². The summed E-state index contributed by atoms with van der Waals surface area (Å²) in [5, 5.41) is 4.13. The molecule has 0 spiro atoms. The van der Waals surface area contributed by atoms with E-state index in [2.05, 4.69) is 10.3 Å². The SMILES string of the molecule is Cc1sc2[nH]c(=O)n(CCC3CCCCN3)c(=O)c2c1C. The first-order chi connectivity index (χ1) is 10.1. The Kier molecular flexibility index (Phi) is 3.99. The second-order valence-corrected chi connectivity index (χ2v) is 7.03. The van der Waals surface area contributed by atoms with Crippen LogP contribution in [0.2, 0.25) is 0 Å². The third kappa shape index (κ3) is 2.70. The van der Waals surface area contributed by atoms with Crippen molar-refractivity contribution in [2.75, 3.05) is 6.54 Å². The van der Waals surface area contributed by atoms with Gasteiger partial charge in [0.2, 0.25) is 0 Å².